The third-order valence-corrected chi connectivity index (χ3v) is 3.09. The summed E-state index contributed by atoms with van der Waals surface area (Å²) in [4.78, 5) is 22.1. The molecule has 1 saturated carbocycles. The zero-order valence-corrected chi connectivity index (χ0v) is 10.2. The Kier molecular flexibility index (Phi) is 4.34. The van der Waals surface area contributed by atoms with E-state index in [2.05, 4.69) is 24.5 Å². The van der Waals surface area contributed by atoms with E-state index in [0.29, 0.717) is 0 Å². The van der Waals surface area contributed by atoms with Crippen LogP contribution in [0.15, 0.2) is 0 Å². The number of carbonyl (C=O) groups excluding carboxylic acids is 1. The van der Waals surface area contributed by atoms with E-state index in [-0.39, 0.29) is 11.5 Å². The SMILES string of the molecule is CC1(C)CCC(NC(=O)N[C@@H](CO)C(=O)O)C1. The molecule has 0 spiro atoms. The summed E-state index contributed by atoms with van der Waals surface area (Å²) in [5.74, 6) is -1.24. The lowest BCUT2D eigenvalue weighted by atomic mass is 9.92. The van der Waals surface area contributed by atoms with E-state index in [1.807, 2.05) is 0 Å². The fourth-order valence-corrected chi connectivity index (χ4v) is 2.13. The minimum Gasteiger partial charge on any atom is -0.480 e. The molecule has 0 saturated heterocycles. The molecule has 1 rings (SSSR count). The second-order valence-corrected chi connectivity index (χ2v) is 5.30. The monoisotopic (exact) mass is 244 g/mol. The first-order valence-corrected chi connectivity index (χ1v) is 5.75. The largest absolute Gasteiger partial charge is 0.480 e. The fourth-order valence-electron chi connectivity index (χ4n) is 2.13. The van der Waals surface area contributed by atoms with Crippen LogP contribution in [0.2, 0.25) is 0 Å². The Balaban J connectivity index is 2.37. The number of aliphatic carboxylic acids is 1. The van der Waals surface area contributed by atoms with Crippen molar-refractivity contribution in [2.24, 2.45) is 5.41 Å². The van der Waals surface area contributed by atoms with Gasteiger partial charge in [0.05, 0.1) is 6.61 Å². The van der Waals surface area contributed by atoms with Crippen LogP contribution in [0.3, 0.4) is 0 Å². The van der Waals surface area contributed by atoms with Gasteiger partial charge >= 0.3 is 12.0 Å². The van der Waals surface area contributed by atoms with Crippen molar-refractivity contribution in [2.45, 2.75) is 45.2 Å². The van der Waals surface area contributed by atoms with E-state index in [0.717, 1.165) is 19.3 Å². The zero-order chi connectivity index (χ0) is 13.1. The summed E-state index contributed by atoms with van der Waals surface area (Å²) in [6.07, 6.45) is 2.83. The van der Waals surface area contributed by atoms with Crippen LogP contribution in [0, 0.1) is 5.41 Å². The molecule has 1 aliphatic rings. The predicted octanol–water partition coefficient (Wildman–Crippen LogP) is 0.310. The van der Waals surface area contributed by atoms with Gasteiger partial charge in [-0.2, -0.15) is 0 Å². The molecular weight excluding hydrogens is 224 g/mol. The number of aliphatic hydroxyl groups excluding tert-OH is 1. The number of carboxylic acid groups (broad SMARTS) is 1. The molecule has 2 amide bonds. The smallest absolute Gasteiger partial charge is 0.328 e. The van der Waals surface area contributed by atoms with E-state index in [1.54, 1.807) is 0 Å². The van der Waals surface area contributed by atoms with Crippen molar-refractivity contribution in [1.29, 1.82) is 0 Å². The van der Waals surface area contributed by atoms with Crippen molar-refractivity contribution in [3.8, 4) is 0 Å². The zero-order valence-electron chi connectivity index (χ0n) is 10.2. The average molecular weight is 244 g/mol. The number of hydrogen-bond acceptors (Lipinski definition) is 3. The van der Waals surface area contributed by atoms with Crippen molar-refractivity contribution >= 4 is 12.0 Å². The molecule has 98 valence electrons. The van der Waals surface area contributed by atoms with Gasteiger partial charge in [0.1, 0.15) is 0 Å². The summed E-state index contributed by atoms with van der Waals surface area (Å²) < 4.78 is 0. The van der Waals surface area contributed by atoms with E-state index < -0.39 is 24.6 Å². The molecule has 1 fully saturated rings. The topological polar surface area (TPSA) is 98.7 Å². The standard InChI is InChI=1S/C11H20N2O4/c1-11(2)4-3-7(5-11)12-10(17)13-8(6-14)9(15)16/h7-8,14H,3-6H2,1-2H3,(H,15,16)(H2,12,13,17)/t7?,8-/m0/s1. The summed E-state index contributed by atoms with van der Waals surface area (Å²) in [6, 6.07) is -1.70. The average Bonchev–Trinajstić information content (AvgIpc) is 2.54. The maximum Gasteiger partial charge on any atom is 0.328 e. The van der Waals surface area contributed by atoms with Gasteiger partial charge in [0.15, 0.2) is 6.04 Å². The van der Waals surface area contributed by atoms with Crippen molar-refractivity contribution < 1.29 is 19.8 Å². The molecule has 6 heteroatoms. The Bertz CT molecular complexity index is 304. The van der Waals surface area contributed by atoms with E-state index >= 15 is 0 Å². The Hall–Kier alpha value is -1.30. The quantitative estimate of drug-likeness (QED) is 0.572. The highest BCUT2D eigenvalue weighted by atomic mass is 16.4. The van der Waals surface area contributed by atoms with E-state index in [1.165, 1.54) is 0 Å². The molecule has 1 unspecified atom stereocenters. The summed E-state index contributed by atoms with van der Waals surface area (Å²) in [5.41, 5.74) is 0.223. The lowest BCUT2D eigenvalue weighted by Gasteiger charge is -2.19. The molecule has 0 heterocycles. The highest BCUT2D eigenvalue weighted by molar-refractivity contribution is 5.82. The third kappa shape index (κ3) is 4.22. The number of carboxylic acids is 1. The summed E-state index contributed by atoms with van der Waals surface area (Å²) in [7, 11) is 0. The molecule has 0 aromatic rings. The number of aliphatic hydroxyl groups is 1. The van der Waals surface area contributed by atoms with Crippen LogP contribution >= 0.6 is 0 Å². The molecule has 1 aliphatic carbocycles. The summed E-state index contributed by atoms with van der Waals surface area (Å²) >= 11 is 0. The van der Waals surface area contributed by atoms with Crippen LogP contribution in [0.4, 0.5) is 4.79 Å². The molecule has 6 nitrogen and oxygen atoms in total. The molecule has 0 aliphatic heterocycles. The van der Waals surface area contributed by atoms with E-state index in [4.69, 9.17) is 10.2 Å². The minimum absolute atomic E-state index is 0.0816. The molecule has 2 atom stereocenters. The highest BCUT2D eigenvalue weighted by Crippen LogP contribution is 2.36. The van der Waals surface area contributed by atoms with Gasteiger partial charge < -0.3 is 20.8 Å². The lowest BCUT2D eigenvalue weighted by Crippen LogP contribution is -2.50. The van der Waals surface area contributed by atoms with Crippen molar-refractivity contribution in [3.05, 3.63) is 0 Å². The van der Waals surface area contributed by atoms with Crippen LogP contribution < -0.4 is 10.6 Å². The van der Waals surface area contributed by atoms with Crippen molar-refractivity contribution in [1.82, 2.24) is 10.6 Å². The number of nitrogens with one attached hydrogen (secondary N) is 2. The predicted molar refractivity (Wildman–Crippen MR) is 61.6 cm³/mol. The van der Waals surface area contributed by atoms with Crippen LogP contribution in [0.5, 0.6) is 0 Å². The number of hydrogen-bond donors (Lipinski definition) is 4. The van der Waals surface area contributed by atoms with Gasteiger partial charge in [0.2, 0.25) is 0 Å². The summed E-state index contributed by atoms with van der Waals surface area (Å²) in [5, 5.41) is 22.4. The lowest BCUT2D eigenvalue weighted by molar-refractivity contribution is -0.140. The highest BCUT2D eigenvalue weighted by Gasteiger charge is 2.32. The molecule has 4 N–H and O–H groups in total. The number of carbonyl (C=O) groups is 2. The number of amides is 2. The second-order valence-electron chi connectivity index (χ2n) is 5.30. The second kappa shape index (κ2) is 5.35. The molecule has 0 radical (unpaired) electrons. The first kappa shape index (κ1) is 13.8. The van der Waals surface area contributed by atoms with E-state index in [9.17, 15) is 9.59 Å². The Labute approximate surface area is 100 Å². The third-order valence-electron chi connectivity index (χ3n) is 3.09. The fraction of sp³-hybridized carbons (Fsp3) is 0.818. The van der Waals surface area contributed by atoms with Gasteiger partial charge in [-0.05, 0) is 24.7 Å². The molecular formula is C11H20N2O4. The van der Waals surface area contributed by atoms with Crippen molar-refractivity contribution in [3.63, 3.8) is 0 Å². The van der Waals surface area contributed by atoms with Crippen molar-refractivity contribution in [2.75, 3.05) is 6.61 Å². The van der Waals surface area contributed by atoms with Gasteiger partial charge in [0, 0.05) is 6.04 Å². The van der Waals surface area contributed by atoms with Gasteiger partial charge in [-0.1, -0.05) is 13.8 Å². The van der Waals surface area contributed by atoms with Crippen LogP contribution in [0.25, 0.3) is 0 Å². The van der Waals surface area contributed by atoms with Gasteiger partial charge in [0.25, 0.3) is 0 Å². The van der Waals surface area contributed by atoms with Crippen LogP contribution in [-0.4, -0.2) is 40.9 Å². The number of rotatable bonds is 4. The van der Waals surface area contributed by atoms with Gasteiger partial charge in [-0.15, -0.1) is 0 Å². The maximum atomic E-state index is 11.5. The Morgan fingerprint density at radius 1 is 1.47 bits per heavy atom. The molecule has 0 aromatic carbocycles. The molecule has 17 heavy (non-hydrogen) atoms. The summed E-state index contributed by atoms with van der Waals surface area (Å²) in [6.45, 7) is 3.67. The van der Waals surface area contributed by atoms with Crippen LogP contribution in [-0.2, 0) is 4.79 Å². The van der Waals surface area contributed by atoms with Gasteiger partial charge in [-0.25, -0.2) is 9.59 Å². The first-order valence-electron chi connectivity index (χ1n) is 5.75. The Morgan fingerprint density at radius 3 is 2.53 bits per heavy atom. The molecule has 0 aromatic heterocycles. The maximum absolute atomic E-state index is 11.5. The normalized spacial score (nSPS) is 24.1. The van der Waals surface area contributed by atoms with Crippen LogP contribution in [0.1, 0.15) is 33.1 Å². The Morgan fingerprint density at radius 2 is 2.12 bits per heavy atom. The molecule has 0 bridgehead atoms. The number of urea groups is 1. The minimum atomic E-state index is -1.25. The van der Waals surface area contributed by atoms with Gasteiger partial charge in [-0.3, -0.25) is 0 Å². The first-order chi connectivity index (χ1) is 7.84.